The second-order valence-corrected chi connectivity index (χ2v) is 5.71. The number of hydrogen-bond acceptors (Lipinski definition) is 4. The summed E-state index contributed by atoms with van der Waals surface area (Å²) in [6.45, 7) is 3.01. The van der Waals surface area contributed by atoms with Crippen molar-refractivity contribution >= 4 is 24.1 Å². The summed E-state index contributed by atoms with van der Waals surface area (Å²) < 4.78 is 26.3. The third kappa shape index (κ3) is 2.89. The summed E-state index contributed by atoms with van der Waals surface area (Å²) in [4.78, 5) is 7.68. The number of aryl methyl sites for hydroxylation is 1. The summed E-state index contributed by atoms with van der Waals surface area (Å²) in [5.41, 5.74) is 6.64. The molecule has 2 rings (SSSR count). The summed E-state index contributed by atoms with van der Waals surface area (Å²) >= 11 is 1.40. The van der Waals surface area contributed by atoms with Gasteiger partial charge in [-0.1, -0.05) is 0 Å². The highest BCUT2D eigenvalue weighted by molar-refractivity contribution is 7.19. The zero-order valence-corrected chi connectivity index (χ0v) is 11.1. The molecule has 1 aromatic heterocycles. The molecule has 0 bridgehead atoms. The molecule has 3 nitrogen and oxygen atoms in total. The molecule has 0 aromatic carbocycles. The zero-order valence-electron chi connectivity index (χ0n) is 10.3. The van der Waals surface area contributed by atoms with Crippen molar-refractivity contribution in [3.8, 4) is 0 Å². The molecule has 0 spiro atoms. The molecule has 2 radical (unpaired) electrons. The summed E-state index contributed by atoms with van der Waals surface area (Å²) in [5, 5.41) is 0. The topological polar surface area (TPSA) is 42.1 Å². The maximum atomic E-state index is 13.1. The second-order valence-electron chi connectivity index (χ2n) is 4.65. The van der Waals surface area contributed by atoms with Gasteiger partial charge < -0.3 is 5.73 Å². The summed E-state index contributed by atoms with van der Waals surface area (Å²) in [5.74, 6) is -2.53. The van der Waals surface area contributed by atoms with Crippen molar-refractivity contribution in [1.82, 2.24) is 9.88 Å². The van der Waals surface area contributed by atoms with Crippen LogP contribution in [0.1, 0.15) is 29.5 Å². The molecule has 1 unspecified atom stereocenters. The van der Waals surface area contributed by atoms with Gasteiger partial charge in [0.05, 0.1) is 11.7 Å². The number of alkyl halides is 2. The van der Waals surface area contributed by atoms with Gasteiger partial charge in [-0.15, -0.1) is 11.3 Å². The van der Waals surface area contributed by atoms with Gasteiger partial charge in [-0.25, -0.2) is 8.78 Å². The Morgan fingerprint density at radius 1 is 1.50 bits per heavy atom. The van der Waals surface area contributed by atoms with Crippen LogP contribution in [-0.4, -0.2) is 43.3 Å². The molecule has 0 saturated carbocycles. The van der Waals surface area contributed by atoms with E-state index in [1.807, 2.05) is 11.8 Å². The van der Waals surface area contributed by atoms with Gasteiger partial charge in [-0.2, -0.15) is 0 Å². The standard InChI is InChI=1S/C11H16BF2N3S/c1-7-9(18-10(12)16-7)8(6-15)17-4-2-11(13,14)3-5-17/h8H,2-6,15H2,1H3. The maximum absolute atomic E-state index is 13.1. The van der Waals surface area contributed by atoms with Crippen molar-refractivity contribution in [2.24, 2.45) is 5.73 Å². The van der Waals surface area contributed by atoms with Gasteiger partial charge >= 0.3 is 0 Å². The van der Waals surface area contributed by atoms with Crippen molar-refractivity contribution < 1.29 is 8.78 Å². The van der Waals surface area contributed by atoms with Gasteiger partial charge in [0.15, 0.2) is 7.85 Å². The third-order valence-corrected chi connectivity index (χ3v) is 4.43. The molecule has 1 aromatic rings. The Morgan fingerprint density at radius 2 is 2.11 bits per heavy atom. The van der Waals surface area contributed by atoms with E-state index in [-0.39, 0.29) is 18.9 Å². The van der Waals surface area contributed by atoms with E-state index in [1.54, 1.807) is 0 Å². The average Bonchev–Trinajstić information content (AvgIpc) is 2.61. The van der Waals surface area contributed by atoms with Crippen molar-refractivity contribution in [3.63, 3.8) is 0 Å². The molecule has 0 amide bonds. The number of hydrogen-bond donors (Lipinski definition) is 1. The lowest BCUT2D eigenvalue weighted by Crippen LogP contribution is -2.43. The number of aromatic nitrogens is 1. The average molecular weight is 271 g/mol. The fraction of sp³-hybridized carbons (Fsp3) is 0.727. The minimum absolute atomic E-state index is 0.0455. The number of likely N-dealkylation sites (tertiary alicyclic amines) is 1. The van der Waals surface area contributed by atoms with Gasteiger partial charge in [-0.05, 0) is 6.92 Å². The molecule has 1 saturated heterocycles. The van der Waals surface area contributed by atoms with Crippen LogP contribution in [0.4, 0.5) is 8.78 Å². The number of nitrogens with two attached hydrogens (primary N) is 1. The van der Waals surface area contributed by atoms with Crippen molar-refractivity contribution in [3.05, 3.63) is 10.6 Å². The van der Waals surface area contributed by atoms with Crippen LogP contribution >= 0.6 is 11.3 Å². The lowest BCUT2D eigenvalue weighted by molar-refractivity contribution is -0.0625. The van der Waals surface area contributed by atoms with Crippen LogP contribution in [0.2, 0.25) is 0 Å². The Hall–Kier alpha value is -0.525. The molecule has 0 aliphatic carbocycles. The largest absolute Gasteiger partial charge is 0.329 e. The maximum Gasteiger partial charge on any atom is 0.250 e. The normalized spacial score (nSPS) is 22.0. The molecule has 1 fully saturated rings. The van der Waals surface area contributed by atoms with E-state index >= 15 is 0 Å². The molecule has 1 aliphatic rings. The van der Waals surface area contributed by atoms with Crippen molar-refractivity contribution in [2.45, 2.75) is 31.7 Å². The second kappa shape index (κ2) is 5.23. The van der Waals surface area contributed by atoms with Crippen LogP contribution in [0.15, 0.2) is 0 Å². The quantitative estimate of drug-likeness (QED) is 0.833. The van der Waals surface area contributed by atoms with E-state index in [0.717, 1.165) is 10.6 Å². The minimum Gasteiger partial charge on any atom is -0.329 e. The van der Waals surface area contributed by atoms with Crippen molar-refractivity contribution in [2.75, 3.05) is 19.6 Å². The monoisotopic (exact) mass is 271 g/mol. The first kappa shape index (κ1) is 13.9. The van der Waals surface area contributed by atoms with Gasteiger partial charge in [0.25, 0.3) is 5.92 Å². The van der Waals surface area contributed by atoms with Gasteiger partial charge in [0.1, 0.15) is 0 Å². The first-order valence-electron chi connectivity index (χ1n) is 5.98. The molecule has 98 valence electrons. The van der Waals surface area contributed by atoms with E-state index in [0.29, 0.717) is 24.5 Å². The summed E-state index contributed by atoms with van der Waals surface area (Å²) in [7, 11) is 5.67. The molecule has 2 N–H and O–H groups in total. The highest BCUT2D eigenvalue weighted by Gasteiger charge is 2.36. The number of piperidine rings is 1. The fourth-order valence-corrected chi connectivity index (χ4v) is 3.31. The van der Waals surface area contributed by atoms with E-state index in [9.17, 15) is 8.78 Å². The van der Waals surface area contributed by atoms with Crippen LogP contribution in [0.3, 0.4) is 0 Å². The molecule has 1 atom stereocenters. The number of thiazole rings is 1. The van der Waals surface area contributed by atoms with Crippen LogP contribution in [0, 0.1) is 6.92 Å². The Bertz CT molecular complexity index is 414. The molecule has 7 heteroatoms. The third-order valence-electron chi connectivity index (χ3n) is 3.35. The Kier molecular flexibility index (Phi) is 4.03. The molecular weight excluding hydrogens is 255 g/mol. The van der Waals surface area contributed by atoms with Crippen LogP contribution in [0.5, 0.6) is 0 Å². The number of halogens is 2. The van der Waals surface area contributed by atoms with Crippen molar-refractivity contribution in [1.29, 1.82) is 0 Å². The molecule has 18 heavy (non-hydrogen) atoms. The Balaban J connectivity index is 2.13. The van der Waals surface area contributed by atoms with E-state index in [4.69, 9.17) is 13.6 Å². The fourth-order valence-electron chi connectivity index (χ4n) is 2.32. The molecular formula is C11H16BF2N3S. The first-order chi connectivity index (χ1) is 8.43. The lowest BCUT2D eigenvalue weighted by Gasteiger charge is -2.36. The SMILES string of the molecule is [B]c1nc(C)c(C(CN)N2CCC(F)(F)CC2)s1. The van der Waals surface area contributed by atoms with E-state index in [2.05, 4.69) is 4.98 Å². The minimum atomic E-state index is -2.53. The highest BCUT2D eigenvalue weighted by Crippen LogP contribution is 2.33. The smallest absolute Gasteiger partial charge is 0.250 e. The predicted molar refractivity (Wildman–Crippen MR) is 69.8 cm³/mol. The Labute approximate surface area is 111 Å². The van der Waals surface area contributed by atoms with Gasteiger partial charge in [0, 0.05) is 42.3 Å². The van der Waals surface area contributed by atoms with Crippen LogP contribution in [-0.2, 0) is 0 Å². The predicted octanol–water partition coefficient (Wildman–Crippen LogP) is 0.976. The van der Waals surface area contributed by atoms with Gasteiger partial charge in [0.2, 0.25) is 0 Å². The van der Waals surface area contributed by atoms with Crippen LogP contribution < -0.4 is 10.6 Å². The number of nitrogens with zero attached hydrogens (tertiary/aromatic N) is 2. The highest BCUT2D eigenvalue weighted by atomic mass is 32.1. The van der Waals surface area contributed by atoms with E-state index < -0.39 is 5.92 Å². The van der Waals surface area contributed by atoms with E-state index in [1.165, 1.54) is 11.3 Å². The number of rotatable bonds is 3. The Morgan fingerprint density at radius 3 is 2.56 bits per heavy atom. The molecule has 2 heterocycles. The summed E-state index contributed by atoms with van der Waals surface area (Å²) in [6, 6.07) is -0.0455. The van der Waals surface area contributed by atoms with Crippen LogP contribution in [0.25, 0.3) is 0 Å². The van der Waals surface area contributed by atoms with Gasteiger partial charge in [-0.3, -0.25) is 9.88 Å². The first-order valence-corrected chi connectivity index (χ1v) is 6.79. The zero-order chi connectivity index (χ0) is 13.3. The molecule has 1 aliphatic heterocycles. The summed E-state index contributed by atoms with van der Waals surface area (Å²) in [6.07, 6.45) is -0.201. The lowest BCUT2D eigenvalue weighted by atomic mass is 10.0.